The SMILES string of the molecule is CCn1cc(S(=O)(=O)NC(C)C(=O)NC)cc1C(=O)O. The maximum absolute atomic E-state index is 12.1. The molecule has 0 aromatic carbocycles. The van der Waals surface area contributed by atoms with Crippen LogP contribution in [-0.4, -0.2) is 43.1 Å². The number of carboxylic acid groups (broad SMARTS) is 1. The molecule has 0 bridgehead atoms. The molecule has 0 saturated carbocycles. The Balaban J connectivity index is 3.10. The van der Waals surface area contributed by atoms with E-state index >= 15 is 0 Å². The summed E-state index contributed by atoms with van der Waals surface area (Å²) in [4.78, 5) is 22.1. The van der Waals surface area contributed by atoms with Gasteiger partial charge in [0, 0.05) is 19.8 Å². The topological polar surface area (TPSA) is 118 Å². The number of aryl methyl sites for hydroxylation is 1. The van der Waals surface area contributed by atoms with Crippen LogP contribution in [0.25, 0.3) is 0 Å². The number of aromatic carboxylic acids is 1. The number of carbonyl (C=O) groups excluding carboxylic acids is 1. The normalized spacial score (nSPS) is 12.9. The van der Waals surface area contributed by atoms with Crippen LogP contribution in [0.2, 0.25) is 0 Å². The van der Waals surface area contributed by atoms with Crippen molar-refractivity contribution in [1.82, 2.24) is 14.6 Å². The first-order valence-corrected chi connectivity index (χ1v) is 7.38. The van der Waals surface area contributed by atoms with E-state index in [1.54, 1.807) is 6.92 Å². The summed E-state index contributed by atoms with van der Waals surface area (Å²) >= 11 is 0. The second-order valence-electron chi connectivity index (χ2n) is 4.11. The molecule has 0 saturated heterocycles. The highest BCUT2D eigenvalue weighted by molar-refractivity contribution is 7.89. The van der Waals surface area contributed by atoms with Gasteiger partial charge >= 0.3 is 5.97 Å². The molecule has 20 heavy (non-hydrogen) atoms. The minimum Gasteiger partial charge on any atom is -0.477 e. The van der Waals surface area contributed by atoms with Crippen LogP contribution < -0.4 is 10.0 Å². The van der Waals surface area contributed by atoms with Crippen LogP contribution in [-0.2, 0) is 21.4 Å². The maximum atomic E-state index is 12.1. The van der Waals surface area contributed by atoms with Gasteiger partial charge in [0.25, 0.3) is 0 Å². The number of sulfonamides is 1. The molecule has 112 valence electrons. The number of nitrogens with zero attached hydrogens (tertiary/aromatic N) is 1. The fraction of sp³-hybridized carbons (Fsp3) is 0.455. The average Bonchev–Trinajstić information content (AvgIpc) is 2.82. The Morgan fingerprint density at radius 3 is 2.45 bits per heavy atom. The zero-order chi connectivity index (χ0) is 15.5. The molecular formula is C11H17N3O5S. The molecule has 0 aliphatic rings. The lowest BCUT2D eigenvalue weighted by Crippen LogP contribution is -2.43. The van der Waals surface area contributed by atoms with Crippen LogP contribution in [0.1, 0.15) is 24.3 Å². The van der Waals surface area contributed by atoms with Gasteiger partial charge in [-0.1, -0.05) is 0 Å². The fourth-order valence-corrected chi connectivity index (χ4v) is 2.88. The van der Waals surface area contributed by atoms with Gasteiger partial charge in [0.1, 0.15) is 10.6 Å². The van der Waals surface area contributed by atoms with Crippen LogP contribution in [0.3, 0.4) is 0 Å². The van der Waals surface area contributed by atoms with Crippen molar-refractivity contribution in [1.29, 1.82) is 0 Å². The Hall–Kier alpha value is -1.87. The number of rotatable bonds is 6. The van der Waals surface area contributed by atoms with E-state index in [-0.39, 0.29) is 10.6 Å². The second-order valence-corrected chi connectivity index (χ2v) is 5.82. The molecule has 1 atom stereocenters. The van der Waals surface area contributed by atoms with Crippen molar-refractivity contribution < 1.29 is 23.1 Å². The molecule has 0 aliphatic heterocycles. The molecule has 1 aromatic heterocycles. The summed E-state index contributed by atoms with van der Waals surface area (Å²) in [6, 6.07) is 0.105. The number of hydrogen-bond donors (Lipinski definition) is 3. The first-order chi connectivity index (χ1) is 9.22. The van der Waals surface area contributed by atoms with Gasteiger partial charge in [-0.15, -0.1) is 0 Å². The van der Waals surface area contributed by atoms with E-state index < -0.39 is 27.9 Å². The first kappa shape index (κ1) is 16.2. The highest BCUT2D eigenvalue weighted by Gasteiger charge is 2.24. The van der Waals surface area contributed by atoms with E-state index in [2.05, 4.69) is 10.0 Å². The quantitative estimate of drug-likeness (QED) is 0.662. The molecule has 0 aliphatic carbocycles. The van der Waals surface area contributed by atoms with E-state index in [4.69, 9.17) is 5.11 Å². The van der Waals surface area contributed by atoms with Crippen molar-refractivity contribution in [3.8, 4) is 0 Å². The molecule has 3 N–H and O–H groups in total. The summed E-state index contributed by atoms with van der Waals surface area (Å²) in [7, 11) is -2.56. The van der Waals surface area contributed by atoms with Crippen LogP contribution in [0, 0.1) is 0 Å². The molecule has 9 heteroatoms. The zero-order valence-electron chi connectivity index (χ0n) is 11.4. The molecule has 1 unspecified atom stereocenters. The molecule has 0 fully saturated rings. The van der Waals surface area contributed by atoms with Crippen molar-refractivity contribution in [2.45, 2.75) is 31.3 Å². The molecule has 0 spiro atoms. The van der Waals surface area contributed by atoms with Gasteiger partial charge in [0.05, 0.1) is 6.04 Å². The Labute approximate surface area is 116 Å². The Kier molecular flexibility index (Phi) is 4.90. The third-order valence-corrected chi connectivity index (χ3v) is 4.22. The molecule has 8 nitrogen and oxygen atoms in total. The maximum Gasteiger partial charge on any atom is 0.352 e. The van der Waals surface area contributed by atoms with E-state index in [1.165, 1.54) is 24.7 Å². The lowest BCUT2D eigenvalue weighted by molar-refractivity contribution is -0.121. The van der Waals surface area contributed by atoms with E-state index in [9.17, 15) is 18.0 Å². The van der Waals surface area contributed by atoms with Crippen molar-refractivity contribution in [3.05, 3.63) is 18.0 Å². The Morgan fingerprint density at radius 1 is 1.45 bits per heavy atom. The molecular weight excluding hydrogens is 286 g/mol. The number of aromatic nitrogens is 1. The number of carboxylic acids is 1. The van der Waals surface area contributed by atoms with Crippen molar-refractivity contribution in [2.75, 3.05) is 7.05 Å². The summed E-state index contributed by atoms with van der Waals surface area (Å²) in [6.45, 7) is 3.41. The van der Waals surface area contributed by atoms with E-state index in [1.807, 2.05) is 0 Å². The number of amides is 1. The van der Waals surface area contributed by atoms with Crippen LogP contribution in [0.15, 0.2) is 17.2 Å². The highest BCUT2D eigenvalue weighted by Crippen LogP contribution is 2.15. The van der Waals surface area contributed by atoms with Crippen molar-refractivity contribution in [3.63, 3.8) is 0 Å². The van der Waals surface area contributed by atoms with E-state index in [0.29, 0.717) is 6.54 Å². The first-order valence-electron chi connectivity index (χ1n) is 5.90. The zero-order valence-corrected chi connectivity index (χ0v) is 12.2. The van der Waals surface area contributed by atoms with Gasteiger partial charge in [-0.2, -0.15) is 4.72 Å². The van der Waals surface area contributed by atoms with Gasteiger partial charge in [-0.05, 0) is 19.9 Å². The van der Waals surface area contributed by atoms with Crippen LogP contribution in [0.5, 0.6) is 0 Å². The molecule has 1 heterocycles. The van der Waals surface area contributed by atoms with E-state index in [0.717, 1.165) is 6.07 Å². The molecule has 0 radical (unpaired) electrons. The monoisotopic (exact) mass is 303 g/mol. The largest absolute Gasteiger partial charge is 0.477 e. The van der Waals surface area contributed by atoms with Crippen molar-refractivity contribution in [2.24, 2.45) is 0 Å². The number of likely N-dealkylation sites (N-methyl/N-ethyl adjacent to an activating group) is 1. The lowest BCUT2D eigenvalue weighted by Gasteiger charge is -2.11. The Morgan fingerprint density at radius 2 is 2.05 bits per heavy atom. The minimum atomic E-state index is -3.95. The summed E-state index contributed by atoms with van der Waals surface area (Å²) in [5.41, 5.74) is -0.125. The van der Waals surface area contributed by atoms with Gasteiger partial charge < -0.3 is 15.0 Å². The standard InChI is InChI=1S/C11H17N3O5S/c1-4-14-6-8(5-9(14)11(16)17)20(18,19)13-7(2)10(15)12-3/h5-7,13H,4H2,1-3H3,(H,12,15)(H,16,17). The molecule has 1 rings (SSSR count). The minimum absolute atomic E-state index is 0.125. The van der Waals surface area contributed by atoms with Gasteiger partial charge in [-0.3, -0.25) is 4.79 Å². The van der Waals surface area contributed by atoms with Crippen LogP contribution in [0.4, 0.5) is 0 Å². The summed E-state index contributed by atoms with van der Waals surface area (Å²) in [5, 5.41) is 11.3. The third-order valence-electron chi connectivity index (χ3n) is 2.71. The number of nitrogens with one attached hydrogen (secondary N) is 2. The third kappa shape index (κ3) is 3.36. The lowest BCUT2D eigenvalue weighted by atomic mass is 10.3. The molecule has 1 amide bonds. The smallest absolute Gasteiger partial charge is 0.352 e. The number of hydrogen-bond acceptors (Lipinski definition) is 4. The highest BCUT2D eigenvalue weighted by atomic mass is 32.2. The second kappa shape index (κ2) is 6.06. The predicted molar refractivity (Wildman–Crippen MR) is 70.9 cm³/mol. The van der Waals surface area contributed by atoms with Gasteiger partial charge in [-0.25, -0.2) is 13.2 Å². The predicted octanol–water partition coefficient (Wildman–Crippen LogP) is -0.381. The summed E-state index contributed by atoms with van der Waals surface area (Å²) in [6.07, 6.45) is 1.22. The van der Waals surface area contributed by atoms with Gasteiger partial charge in [0.15, 0.2) is 0 Å². The summed E-state index contributed by atoms with van der Waals surface area (Å²) < 4.78 is 27.6. The summed E-state index contributed by atoms with van der Waals surface area (Å²) in [5.74, 6) is -1.70. The Bertz CT molecular complexity index is 620. The average molecular weight is 303 g/mol. The van der Waals surface area contributed by atoms with Crippen LogP contribution >= 0.6 is 0 Å². The van der Waals surface area contributed by atoms with Crippen molar-refractivity contribution >= 4 is 21.9 Å². The van der Waals surface area contributed by atoms with Gasteiger partial charge in [0.2, 0.25) is 15.9 Å². The number of carbonyl (C=O) groups is 2. The fourth-order valence-electron chi connectivity index (χ4n) is 1.64. The molecule has 1 aromatic rings.